The highest BCUT2D eigenvalue weighted by Crippen LogP contribution is 2.31. The summed E-state index contributed by atoms with van der Waals surface area (Å²) in [5.74, 6) is 1.10. The molecule has 6 rings (SSSR count). The van der Waals surface area contributed by atoms with Gasteiger partial charge in [-0.25, -0.2) is 4.99 Å². The lowest BCUT2D eigenvalue weighted by atomic mass is 9.95. The van der Waals surface area contributed by atoms with Crippen LogP contribution in [0.15, 0.2) is 129 Å². The van der Waals surface area contributed by atoms with Gasteiger partial charge in [-0.3, -0.25) is 14.2 Å². The summed E-state index contributed by atoms with van der Waals surface area (Å²) in [6.07, 6.45) is 1.84. The van der Waals surface area contributed by atoms with Crippen LogP contribution in [-0.4, -0.2) is 17.6 Å². The van der Waals surface area contributed by atoms with E-state index >= 15 is 0 Å². The van der Waals surface area contributed by atoms with E-state index < -0.39 is 6.04 Å². The number of carbonyl (C=O) groups excluding carboxylic acids is 1. The van der Waals surface area contributed by atoms with Crippen molar-refractivity contribution in [3.63, 3.8) is 0 Å². The van der Waals surface area contributed by atoms with E-state index in [-0.39, 0.29) is 11.5 Å². The number of allylic oxidation sites excluding steroid dienone is 1. The summed E-state index contributed by atoms with van der Waals surface area (Å²) in [5.41, 5.74) is 4.10. The van der Waals surface area contributed by atoms with Gasteiger partial charge in [-0.05, 0) is 78.2 Å². The number of rotatable bonds is 8. The van der Waals surface area contributed by atoms with Gasteiger partial charge in [0.1, 0.15) is 18.1 Å². The van der Waals surface area contributed by atoms with Gasteiger partial charge in [0.2, 0.25) is 0 Å². The largest absolute Gasteiger partial charge is 0.497 e. The van der Waals surface area contributed by atoms with Crippen molar-refractivity contribution in [1.29, 1.82) is 0 Å². The quantitative estimate of drug-likeness (QED) is 0.213. The summed E-state index contributed by atoms with van der Waals surface area (Å²) in [4.78, 5) is 33.0. The maximum atomic E-state index is 14.0. The molecular weight excluding hydrogens is 638 g/mol. The topological polar surface area (TPSA) is 81.9 Å². The van der Waals surface area contributed by atoms with Crippen LogP contribution in [0.25, 0.3) is 6.08 Å². The molecular formula is C35H28BrN3O4S. The predicted octanol–water partition coefficient (Wildman–Crippen LogP) is 6.22. The average molecular weight is 667 g/mol. The van der Waals surface area contributed by atoms with Crippen LogP contribution >= 0.6 is 27.3 Å². The third-order valence-corrected chi connectivity index (χ3v) is 8.74. The van der Waals surface area contributed by atoms with Gasteiger partial charge in [-0.2, -0.15) is 0 Å². The molecule has 5 aromatic rings. The molecule has 1 aliphatic heterocycles. The second-order valence-corrected chi connectivity index (χ2v) is 12.1. The number of benzene rings is 4. The Balaban J connectivity index is 1.34. The van der Waals surface area contributed by atoms with E-state index in [2.05, 4.69) is 21.2 Å². The van der Waals surface area contributed by atoms with Gasteiger partial charge in [0.05, 0.1) is 29.0 Å². The number of para-hydroxylation sites is 1. The number of methoxy groups -OCH3 is 1. The standard InChI is InChI=1S/C35H28BrN3O4S/c1-22-31(33(40)38-27-6-4-3-5-7-27)32(25-12-18-28(42-2)19-13-25)39-34(41)30(44-35(39)37-22)20-23-10-16-29(17-11-23)43-21-24-8-14-26(36)15-9-24/h3-20,32H,21H2,1-2H3,(H,38,40)/b30-20+/t32-/m1/s1. The summed E-state index contributed by atoms with van der Waals surface area (Å²) in [6.45, 7) is 2.26. The molecule has 1 amide bonds. The van der Waals surface area contributed by atoms with Crippen molar-refractivity contribution in [2.75, 3.05) is 12.4 Å². The number of hydrogen-bond acceptors (Lipinski definition) is 6. The van der Waals surface area contributed by atoms with Crippen LogP contribution in [0.5, 0.6) is 11.5 Å². The Morgan fingerprint density at radius 2 is 1.64 bits per heavy atom. The Hall–Kier alpha value is -4.73. The summed E-state index contributed by atoms with van der Waals surface area (Å²) >= 11 is 4.75. The Labute approximate surface area is 266 Å². The molecule has 1 N–H and O–H groups in total. The van der Waals surface area contributed by atoms with Gasteiger partial charge in [-0.15, -0.1) is 0 Å². The normalized spacial score (nSPS) is 14.5. The molecule has 44 heavy (non-hydrogen) atoms. The maximum absolute atomic E-state index is 14.0. The number of halogens is 1. The molecule has 0 aliphatic carbocycles. The highest BCUT2D eigenvalue weighted by Gasteiger charge is 2.32. The van der Waals surface area contributed by atoms with Crippen molar-refractivity contribution in [3.8, 4) is 11.5 Å². The fourth-order valence-corrected chi connectivity index (χ4v) is 6.30. The van der Waals surface area contributed by atoms with E-state index in [9.17, 15) is 9.59 Å². The molecule has 4 aromatic carbocycles. The lowest BCUT2D eigenvalue weighted by molar-refractivity contribution is -0.113. The van der Waals surface area contributed by atoms with Crippen molar-refractivity contribution >= 4 is 44.9 Å². The minimum absolute atomic E-state index is 0.220. The van der Waals surface area contributed by atoms with Crippen molar-refractivity contribution in [2.24, 2.45) is 4.99 Å². The molecule has 1 aliphatic rings. The molecule has 7 nitrogen and oxygen atoms in total. The summed E-state index contributed by atoms with van der Waals surface area (Å²) < 4.78 is 14.4. The molecule has 0 fully saturated rings. The lowest BCUT2D eigenvalue weighted by Gasteiger charge is -2.25. The van der Waals surface area contributed by atoms with Crippen LogP contribution in [0.3, 0.4) is 0 Å². The monoisotopic (exact) mass is 665 g/mol. The third kappa shape index (κ3) is 6.29. The van der Waals surface area contributed by atoms with Crippen molar-refractivity contribution in [2.45, 2.75) is 19.6 Å². The first-order valence-corrected chi connectivity index (χ1v) is 15.5. The van der Waals surface area contributed by atoms with Gasteiger partial charge < -0.3 is 14.8 Å². The highest BCUT2D eigenvalue weighted by atomic mass is 79.9. The fourth-order valence-electron chi connectivity index (χ4n) is 4.99. The van der Waals surface area contributed by atoms with Gasteiger partial charge in [0.15, 0.2) is 4.80 Å². The number of ether oxygens (including phenoxy) is 2. The van der Waals surface area contributed by atoms with E-state index in [1.54, 1.807) is 18.6 Å². The molecule has 0 radical (unpaired) electrons. The zero-order valence-electron chi connectivity index (χ0n) is 24.0. The number of amides is 1. The van der Waals surface area contributed by atoms with Gasteiger partial charge in [0.25, 0.3) is 11.5 Å². The fraction of sp³-hybridized carbons (Fsp3) is 0.114. The first-order valence-electron chi connectivity index (χ1n) is 13.9. The van der Waals surface area contributed by atoms with E-state index in [1.165, 1.54) is 11.3 Å². The third-order valence-electron chi connectivity index (χ3n) is 7.23. The van der Waals surface area contributed by atoms with Crippen LogP contribution in [-0.2, 0) is 11.4 Å². The van der Waals surface area contributed by atoms with Crippen molar-refractivity contribution in [1.82, 2.24) is 4.57 Å². The Bertz CT molecular complexity index is 2020. The molecule has 1 atom stereocenters. The highest BCUT2D eigenvalue weighted by molar-refractivity contribution is 9.10. The number of aromatic nitrogens is 1. The minimum Gasteiger partial charge on any atom is -0.497 e. The smallest absolute Gasteiger partial charge is 0.271 e. The number of nitrogens with zero attached hydrogens (tertiary/aromatic N) is 2. The number of fused-ring (bicyclic) bond motifs is 1. The molecule has 0 saturated carbocycles. The SMILES string of the molecule is COc1ccc([C@@H]2C(C(=O)Nc3ccccc3)=C(C)N=c3s/c(=C/c4ccc(OCc5ccc(Br)cc5)cc4)c(=O)n32)cc1. The molecule has 2 heterocycles. The van der Waals surface area contributed by atoms with E-state index in [0.29, 0.717) is 38.6 Å². The van der Waals surface area contributed by atoms with Crippen LogP contribution in [0.2, 0.25) is 0 Å². The molecule has 0 saturated heterocycles. The number of anilines is 1. The predicted molar refractivity (Wildman–Crippen MR) is 177 cm³/mol. The molecule has 0 bridgehead atoms. The number of thiazole rings is 1. The van der Waals surface area contributed by atoms with Crippen molar-refractivity contribution < 1.29 is 14.3 Å². The maximum Gasteiger partial charge on any atom is 0.271 e. The average Bonchev–Trinajstić information content (AvgIpc) is 3.35. The second-order valence-electron chi connectivity index (χ2n) is 10.2. The summed E-state index contributed by atoms with van der Waals surface area (Å²) in [6, 6.07) is 31.6. The van der Waals surface area contributed by atoms with Crippen LogP contribution < -0.4 is 29.7 Å². The Morgan fingerprint density at radius 3 is 2.32 bits per heavy atom. The summed E-state index contributed by atoms with van der Waals surface area (Å²) in [7, 11) is 1.60. The Kier molecular flexibility index (Phi) is 8.58. The molecule has 9 heteroatoms. The zero-order valence-corrected chi connectivity index (χ0v) is 26.4. The van der Waals surface area contributed by atoms with Gasteiger partial charge in [0, 0.05) is 10.2 Å². The Morgan fingerprint density at radius 1 is 0.955 bits per heavy atom. The number of nitrogens with one attached hydrogen (secondary N) is 1. The van der Waals surface area contributed by atoms with Crippen LogP contribution in [0, 0.1) is 0 Å². The minimum atomic E-state index is -0.669. The molecule has 0 unspecified atom stereocenters. The first kappa shape index (κ1) is 29.3. The molecule has 0 spiro atoms. The number of hydrogen-bond donors (Lipinski definition) is 1. The molecule has 1 aromatic heterocycles. The summed E-state index contributed by atoms with van der Waals surface area (Å²) in [5, 5.41) is 2.97. The van der Waals surface area contributed by atoms with E-state index in [4.69, 9.17) is 14.5 Å². The van der Waals surface area contributed by atoms with E-state index in [1.807, 2.05) is 109 Å². The van der Waals surface area contributed by atoms with Crippen molar-refractivity contribution in [3.05, 3.63) is 155 Å². The second kappa shape index (κ2) is 12.9. The van der Waals surface area contributed by atoms with Gasteiger partial charge >= 0.3 is 0 Å². The zero-order chi connectivity index (χ0) is 30.6. The number of carbonyl (C=O) groups is 1. The lowest BCUT2D eigenvalue weighted by Crippen LogP contribution is -2.40. The first-order chi connectivity index (χ1) is 21.4. The van der Waals surface area contributed by atoms with Crippen LogP contribution in [0.1, 0.15) is 29.7 Å². The van der Waals surface area contributed by atoms with E-state index in [0.717, 1.165) is 26.9 Å². The van der Waals surface area contributed by atoms with Gasteiger partial charge in [-0.1, -0.05) is 81.9 Å². The van der Waals surface area contributed by atoms with Crippen LogP contribution in [0.4, 0.5) is 5.69 Å². The molecule has 220 valence electrons.